The van der Waals surface area contributed by atoms with Crippen molar-refractivity contribution in [3.05, 3.63) is 23.8 Å². The molecule has 0 heterocycles. The summed E-state index contributed by atoms with van der Waals surface area (Å²) in [5, 5.41) is 9.69. The molecule has 3 N–H and O–H groups in total. The normalized spacial score (nSPS) is 13.7. The Hall–Kier alpha value is -2.94. The van der Waals surface area contributed by atoms with Crippen LogP contribution >= 0.6 is 0 Å². The summed E-state index contributed by atoms with van der Waals surface area (Å²) in [4.78, 5) is 49.1. The van der Waals surface area contributed by atoms with E-state index in [-0.39, 0.29) is 48.6 Å². The van der Waals surface area contributed by atoms with Crippen LogP contribution in [0.25, 0.3) is 0 Å². The average Bonchev–Trinajstić information content (AvgIpc) is 2.82. The molecule has 9 heteroatoms. The number of hydrogen-bond donors (Lipinski definition) is 2. The molecule has 0 aliphatic rings. The third-order valence-electron chi connectivity index (χ3n) is 6.12. The summed E-state index contributed by atoms with van der Waals surface area (Å²) in [5.74, 6) is -3.20. The first kappa shape index (κ1) is 34.1. The van der Waals surface area contributed by atoms with Gasteiger partial charge in [0.05, 0.1) is 12.5 Å². The molecule has 0 spiro atoms. The van der Waals surface area contributed by atoms with E-state index in [1.165, 1.54) is 12.1 Å². The number of carboxylic acids is 1. The van der Waals surface area contributed by atoms with Crippen LogP contribution in [0.15, 0.2) is 18.2 Å². The summed E-state index contributed by atoms with van der Waals surface area (Å²) in [6.45, 7) is 11.5. The molecule has 0 saturated carbocycles. The third-order valence-corrected chi connectivity index (χ3v) is 6.12. The van der Waals surface area contributed by atoms with E-state index in [9.17, 15) is 24.3 Å². The van der Waals surface area contributed by atoms with Crippen molar-refractivity contribution in [3.8, 4) is 11.5 Å². The highest BCUT2D eigenvalue weighted by Crippen LogP contribution is 2.35. The molecular weight excluding hydrogens is 502 g/mol. The van der Waals surface area contributed by atoms with Crippen molar-refractivity contribution >= 4 is 23.9 Å². The number of benzene rings is 1. The number of aliphatic carboxylic acids is 1. The average molecular weight is 550 g/mol. The molecule has 0 amide bonds. The molecule has 2 unspecified atom stereocenters. The number of carbonyl (C=O) groups excluding carboxylic acids is 3. The maximum absolute atomic E-state index is 12.5. The Balaban J connectivity index is 3.26. The lowest BCUT2D eigenvalue weighted by Gasteiger charge is -2.26. The van der Waals surface area contributed by atoms with Gasteiger partial charge in [-0.15, -0.1) is 0 Å². The maximum Gasteiger partial charge on any atom is 0.321 e. The summed E-state index contributed by atoms with van der Waals surface area (Å²) in [5.41, 5.74) is 6.27. The van der Waals surface area contributed by atoms with Crippen molar-refractivity contribution in [2.24, 2.45) is 11.1 Å². The first-order valence-electron chi connectivity index (χ1n) is 14.0. The molecule has 0 fully saturated rings. The molecule has 1 rings (SSSR count). The topological polar surface area (TPSA) is 142 Å². The molecule has 0 radical (unpaired) electrons. The van der Waals surface area contributed by atoms with E-state index in [4.69, 9.17) is 19.9 Å². The molecule has 0 aliphatic heterocycles. The highest BCUT2D eigenvalue weighted by molar-refractivity contribution is 5.77. The van der Waals surface area contributed by atoms with Gasteiger partial charge in [-0.25, -0.2) is 0 Å². The number of hydrogen-bond acceptors (Lipinski definition) is 8. The molecule has 0 aliphatic carbocycles. The van der Waals surface area contributed by atoms with E-state index in [1.807, 2.05) is 34.6 Å². The van der Waals surface area contributed by atoms with E-state index < -0.39 is 36.0 Å². The van der Waals surface area contributed by atoms with Crippen LogP contribution in [0.1, 0.15) is 117 Å². The van der Waals surface area contributed by atoms with Crippen LogP contribution in [-0.2, 0) is 23.9 Å². The quantitative estimate of drug-likeness (QED) is 0.138. The molecule has 39 heavy (non-hydrogen) atoms. The van der Waals surface area contributed by atoms with E-state index in [0.29, 0.717) is 18.4 Å². The van der Waals surface area contributed by atoms with Crippen LogP contribution in [0, 0.1) is 5.41 Å². The number of carboxylic acid groups (broad SMARTS) is 1. The number of carbonyl (C=O) groups is 4. The molecule has 9 nitrogen and oxygen atoms in total. The highest BCUT2D eigenvalue weighted by Gasteiger charge is 2.30. The SMILES string of the molecule is CCCCCC(=O)Oc1ccc(C(CC(C)OC(=O)CC(C)(C)C)[C@H](N)C(=O)O)cc1OC(=O)CCCCC. The predicted molar refractivity (Wildman–Crippen MR) is 149 cm³/mol. The summed E-state index contributed by atoms with van der Waals surface area (Å²) in [7, 11) is 0. The van der Waals surface area contributed by atoms with Crippen molar-refractivity contribution in [1.29, 1.82) is 0 Å². The summed E-state index contributed by atoms with van der Waals surface area (Å²) >= 11 is 0. The Morgan fingerprint density at radius 1 is 0.872 bits per heavy atom. The van der Waals surface area contributed by atoms with Gasteiger partial charge in [0.2, 0.25) is 0 Å². The van der Waals surface area contributed by atoms with E-state index >= 15 is 0 Å². The molecule has 1 aromatic carbocycles. The van der Waals surface area contributed by atoms with Gasteiger partial charge in [0.25, 0.3) is 0 Å². The lowest BCUT2D eigenvalue weighted by molar-refractivity contribution is -0.151. The number of ether oxygens (including phenoxy) is 3. The van der Waals surface area contributed by atoms with Crippen LogP contribution in [0.3, 0.4) is 0 Å². The van der Waals surface area contributed by atoms with Crippen LogP contribution < -0.4 is 15.2 Å². The van der Waals surface area contributed by atoms with Crippen molar-refractivity contribution in [2.75, 3.05) is 0 Å². The van der Waals surface area contributed by atoms with E-state index in [2.05, 4.69) is 0 Å². The van der Waals surface area contributed by atoms with Gasteiger partial charge in [-0.1, -0.05) is 66.4 Å². The maximum atomic E-state index is 12.5. The zero-order valence-corrected chi connectivity index (χ0v) is 24.4. The second-order valence-electron chi connectivity index (χ2n) is 11.3. The number of nitrogens with two attached hydrogens (primary N) is 1. The van der Waals surface area contributed by atoms with Crippen molar-refractivity contribution < 1.29 is 38.5 Å². The minimum Gasteiger partial charge on any atom is -0.480 e. The predicted octanol–water partition coefficient (Wildman–Crippen LogP) is 5.91. The molecule has 1 aromatic rings. The number of unbranched alkanes of at least 4 members (excludes halogenated alkanes) is 4. The lowest BCUT2D eigenvalue weighted by atomic mass is 9.86. The zero-order valence-electron chi connectivity index (χ0n) is 24.4. The van der Waals surface area contributed by atoms with Crippen molar-refractivity contribution in [1.82, 2.24) is 0 Å². The largest absolute Gasteiger partial charge is 0.480 e. The Kier molecular flexibility index (Phi) is 14.8. The second-order valence-corrected chi connectivity index (χ2v) is 11.3. The fourth-order valence-corrected chi connectivity index (χ4v) is 4.07. The Labute approximate surface area is 232 Å². The highest BCUT2D eigenvalue weighted by atomic mass is 16.6. The number of esters is 3. The Bertz CT molecular complexity index is 953. The third kappa shape index (κ3) is 13.6. The van der Waals surface area contributed by atoms with E-state index in [0.717, 1.165) is 25.7 Å². The van der Waals surface area contributed by atoms with Gasteiger partial charge in [0.15, 0.2) is 11.5 Å². The van der Waals surface area contributed by atoms with Crippen LogP contribution in [-0.4, -0.2) is 41.1 Å². The molecule has 3 atom stereocenters. The zero-order chi connectivity index (χ0) is 29.6. The van der Waals surface area contributed by atoms with Gasteiger partial charge in [-0.2, -0.15) is 0 Å². The first-order chi connectivity index (χ1) is 18.3. The van der Waals surface area contributed by atoms with Gasteiger partial charge >= 0.3 is 23.9 Å². The summed E-state index contributed by atoms with van der Waals surface area (Å²) < 4.78 is 16.6. The monoisotopic (exact) mass is 549 g/mol. The van der Waals surface area contributed by atoms with Gasteiger partial charge in [-0.05, 0) is 49.3 Å². The Morgan fingerprint density at radius 2 is 1.41 bits per heavy atom. The molecule has 0 saturated heterocycles. The van der Waals surface area contributed by atoms with Gasteiger partial charge < -0.3 is 25.1 Å². The molecule has 0 bridgehead atoms. The van der Waals surface area contributed by atoms with E-state index in [1.54, 1.807) is 13.0 Å². The molecule has 220 valence electrons. The standard InChI is InChI=1S/C30H47NO8/c1-7-9-11-13-25(32)38-23-16-15-21(18-24(23)39-26(33)14-12-10-8-2)22(28(31)29(35)36)17-20(3)37-27(34)19-30(4,5)6/h15-16,18,20,22,28H,7-14,17,19,31H2,1-6H3,(H,35,36)/t20?,22?,28-/m0/s1. The second kappa shape index (κ2) is 16.9. The van der Waals surface area contributed by atoms with Crippen LogP contribution in [0.5, 0.6) is 11.5 Å². The molecule has 0 aromatic heterocycles. The fraction of sp³-hybridized carbons (Fsp3) is 0.667. The summed E-state index contributed by atoms with van der Waals surface area (Å²) in [6, 6.07) is 3.26. The molecular formula is C30H47NO8. The van der Waals surface area contributed by atoms with Gasteiger partial charge in [-0.3, -0.25) is 19.2 Å². The smallest absolute Gasteiger partial charge is 0.321 e. The fourth-order valence-electron chi connectivity index (χ4n) is 4.07. The van der Waals surface area contributed by atoms with Gasteiger partial charge in [0.1, 0.15) is 6.04 Å². The van der Waals surface area contributed by atoms with Crippen molar-refractivity contribution in [3.63, 3.8) is 0 Å². The Morgan fingerprint density at radius 3 is 1.90 bits per heavy atom. The number of rotatable bonds is 17. The minimum absolute atomic E-state index is 0.0257. The van der Waals surface area contributed by atoms with Gasteiger partial charge in [0, 0.05) is 18.8 Å². The minimum atomic E-state index is -1.32. The summed E-state index contributed by atoms with van der Waals surface area (Å²) in [6.07, 6.45) is 5.14. The van der Waals surface area contributed by atoms with Crippen LogP contribution in [0.4, 0.5) is 0 Å². The van der Waals surface area contributed by atoms with Crippen LogP contribution in [0.2, 0.25) is 0 Å². The lowest BCUT2D eigenvalue weighted by Crippen LogP contribution is -2.38. The van der Waals surface area contributed by atoms with Crippen molar-refractivity contribution in [2.45, 2.75) is 124 Å². The first-order valence-corrected chi connectivity index (χ1v) is 14.0.